The van der Waals surface area contributed by atoms with Crippen molar-refractivity contribution in [3.05, 3.63) is 0 Å². The number of amides is 1. The summed E-state index contributed by atoms with van der Waals surface area (Å²) in [6.07, 6.45) is 2.95. The van der Waals surface area contributed by atoms with Gasteiger partial charge in [-0.25, -0.2) is 9.59 Å². The minimum Gasteiger partial charge on any atom is -0.480 e. The van der Waals surface area contributed by atoms with Gasteiger partial charge in [0.25, 0.3) is 0 Å². The summed E-state index contributed by atoms with van der Waals surface area (Å²) < 4.78 is 5.14. The van der Waals surface area contributed by atoms with Gasteiger partial charge in [-0.3, -0.25) is 0 Å². The fourth-order valence-electron chi connectivity index (χ4n) is 2.57. The van der Waals surface area contributed by atoms with Crippen LogP contribution in [0.4, 0.5) is 4.79 Å². The number of carboxylic acid groups (broad SMARTS) is 1. The largest absolute Gasteiger partial charge is 0.480 e. The average molecular weight is 285 g/mol. The topological polar surface area (TPSA) is 75.6 Å². The first-order valence-corrected chi connectivity index (χ1v) is 7.22. The van der Waals surface area contributed by atoms with E-state index in [1.165, 1.54) is 0 Å². The Kier molecular flexibility index (Phi) is 5.05. The summed E-state index contributed by atoms with van der Waals surface area (Å²) in [7, 11) is 0. The number of rotatable bonds is 3. The quantitative estimate of drug-likeness (QED) is 0.835. The Labute approximate surface area is 121 Å². The van der Waals surface area contributed by atoms with E-state index in [2.05, 4.69) is 19.2 Å². The summed E-state index contributed by atoms with van der Waals surface area (Å²) in [5.41, 5.74) is -0.354. The van der Waals surface area contributed by atoms with Crippen LogP contribution in [0.2, 0.25) is 0 Å². The first kappa shape index (κ1) is 16.8. The van der Waals surface area contributed by atoms with Crippen LogP contribution >= 0.6 is 0 Å². The van der Waals surface area contributed by atoms with E-state index in [1.54, 1.807) is 20.8 Å². The lowest BCUT2D eigenvalue weighted by molar-refractivity contribution is -0.141. The molecule has 1 aliphatic carbocycles. The van der Waals surface area contributed by atoms with Crippen molar-refractivity contribution in [2.75, 3.05) is 0 Å². The van der Waals surface area contributed by atoms with Crippen molar-refractivity contribution >= 4 is 12.1 Å². The molecule has 1 amide bonds. The van der Waals surface area contributed by atoms with Crippen molar-refractivity contribution in [2.45, 2.75) is 71.9 Å². The number of carbonyl (C=O) groups is 2. The van der Waals surface area contributed by atoms with E-state index in [9.17, 15) is 14.7 Å². The zero-order valence-electron chi connectivity index (χ0n) is 13.2. The SMILES string of the molecule is CC1(C)CCC(C(NC(=O)OC(C)(C)C)C(=O)O)CC1. The van der Waals surface area contributed by atoms with Gasteiger partial charge < -0.3 is 15.2 Å². The predicted octanol–water partition coefficient (Wildman–Crippen LogP) is 3.18. The van der Waals surface area contributed by atoms with Crippen molar-refractivity contribution in [2.24, 2.45) is 11.3 Å². The molecule has 0 aromatic rings. The molecule has 1 unspecified atom stereocenters. The van der Waals surface area contributed by atoms with Crippen LogP contribution in [-0.4, -0.2) is 28.8 Å². The van der Waals surface area contributed by atoms with E-state index in [1.807, 2.05) is 0 Å². The molecule has 5 heteroatoms. The number of aliphatic carboxylic acids is 1. The highest BCUT2D eigenvalue weighted by Crippen LogP contribution is 2.39. The molecular weight excluding hydrogens is 258 g/mol. The van der Waals surface area contributed by atoms with Crippen molar-refractivity contribution in [3.8, 4) is 0 Å². The van der Waals surface area contributed by atoms with Crippen LogP contribution in [0.3, 0.4) is 0 Å². The number of carbonyl (C=O) groups excluding carboxylic acids is 1. The van der Waals surface area contributed by atoms with E-state index in [0.29, 0.717) is 0 Å². The Morgan fingerprint density at radius 1 is 1.25 bits per heavy atom. The van der Waals surface area contributed by atoms with Crippen LogP contribution < -0.4 is 5.32 Å². The van der Waals surface area contributed by atoms with Crippen LogP contribution in [0, 0.1) is 11.3 Å². The minimum atomic E-state index is -0.986. The molecule has 20 heavy (non-hydrogen) atoms. The molecule has 0 heterocycles. The molecule has 0 bridgehead atoms. The monoisotopic (exact) mass is 285 g/mol. The number of ether oxygens (including phenoxy) is 1. The lowest BCUT2D eigenvalue weighted by Gasteiger charge is -2.36. The number of nitrogens with one attached hydrogen (secondary N) is 1. The number of hydrogen-bond acceptors (Lipinski definition) is 3. The predicted molar refractivity (Wildman–Crippen MR) is 76.5 cm³/mol. The maximum absolute atomic E-state index is 11.7. The van der Waals surface area contributed by atoms with Crippen LogP contribution in [-0.2, 0) is 9.53 Å². The van der Waals surface area contributed by atoms with Crippen LogP contribution in [0.25, 0.3) is 0 Å². The summed E-state index contributed by atoms with van der Waals surface area (Å²) in [5.74, 6) is -1.01. The maximum atomic E-state index is 11.7. The average Bonchev–Trinajstić information content (AvgIpc) is 2.23. The Morgan fingerprint density at radius 2 is 1.75 bits per heavy atom. The van der Waals surface area contributed by atoms with E-state index in [4.69, 9.17) is 4.74 Å². The Hall–Kier alpha value is -1.26. The lowest BCUT2D eigenvalue weighted by Crippen LogP contribution is -2.48. The van der Waals surface area contributed by atoms with Crippen LogP contribution in [0.1, 0.15) is 60.3 Å². The zero-order valence-corrected chi connectivity index (χ0v) is 13.2. The highest BCUT2D eigenvalue weighted by molar-refractivity contribution is 5.80. The molecule has 0 saturated heterocycles. The molecule has 0 aromatic carbocycles. The molecule has 1 rings (SSSR count). The number of hydrogen-bond donors (Lipinski definition) is 2. The van der Waals surface area contributed by atoms with E-state index >= 15 is 0 Å². The fraction of sp³-hybridized carbons (Fsp3) is 0.867. The molecule has 5 nitrogen and oxygen atoms in total. The minimum absolute atomic E-state index is 0.0203. The third-order valence-electron chi connectivity index (χ3n) is 3.79. The fourth-order valence-corrected chi connectivity index (χ4v) is 2.57. The van der Waals surface area contributed by atoms with Gasteiger partial charge in [0.2, 0.25) is 0 Å². The van der Waals surface area contributed by atoms with Gasteiger partial charge in [0.15, 0.2) is 0 Å². The molecule has 116 valence electrons. The molecule has 1 aliphatic rings. The van der Waals surface area contributed by atoms with Crippen molar-refractivity contribution in [1.82, 2.24) is 5.32 Å². The standard InChI is InChI=1S/C15H27NO4/c1-14(2,3)20-13(19)16-11(12(17)18)10-6-8-15(4,5)9-7-10/h10-11H,6-9H2,1-5H3,(H,16,19)(H,17,18). The van der Waals surface area contributed by atoms with Crippen LogP contribution in [0.15, 0.2) is 0 Å². The van der Waals surface area contributed by atoms with E-state index < -0.39 is 23.7 Å². The third kappa shape index (κ3) is 5.39. The molecule has 0 radical (unpaired) electrons. The van der Waals surface area contributed by atoms with Gasteiger partial charge in [-0.05, 0) is 57.8 Å². The van der Waals surface area contributed by atoms with Crippen molar-refractivity contribution < 1.29 is 19.4 Å². The lowest BCUT2D eigenvalue weighted by atomic mass is 9.71. The maximum Gasteiger partial charge on any atom is 0.408 e. The summed E-state index contributed by atoms with van der Waals surface area (Å²) in [6, 6.07) is -0.860. The Balaban J connectivity index is 2.62. The Morgan fingerprint density at radius 3 is 2.15 bits per heavy atom. The van der Waals surface area contributed by atoms with Gasteiger partial charge in [0.05, 0.1) is 0 Å². The van der Waals surface area contributed by atoms with Crippen molar-refractivity contribution in [1.29, 1.82) is 0 Å². The van der Waals surface area contributed by atoms with E-state index in [-0.39, 0.29) is 11.3 Å². The number of alkyl carbamates (subject to hydrolysis) is 1. The molecule has 1 saturated carbocycles. The molecular formula is C15H27NO4. The van der Waals surface area contributed by atoms with Gasteiger partial charge in [0, 0.05) is 0 Å². The molecule has 1 fully saturated rings. The Bertz CT molecular complexity index is 361. The molecule has 0 aromatic heterocycles. The summed E-state index contributed by atoms with van der Waals surface area (Å²) in [5, 5.41) is 11.8. The first-order chi connectivity index (χ1) is 9.00. The second-order valence-corrected chi connectivity index (χ2v) is 7.46. The second-order valence-electron chi connectivity index (χ2n) is 7.46. The van der Waals surface area contributed by atoms with Crippen molar-refractivity contribution in [3.63, 3.8) is 0 Å². The van der Waals surface area contributed by atoms with E-state index in [0.717, 1.165) is 25.7 Å². The molecule has 0 aliphatic heterocycles. The summed E-state index contributed by atoms with van der Waals surface area (Å²) in [4.78, 5) is 23.1. The van der Waals surface area contributed by atoms with Gasteiger partial charge >= 0.3 is 12.1 Å². The highest BCUT2D eigenvalue weighted by Gasteiger charge is 2.36. The van der Waals surface area contributed by atoms with Gasteiger partial charge in [-0.15, -0.1) is 0 Å². The number of carboxylic acids is 1. The second kappa shape index (κ2) is 6.02. The summed E-state index contributed by atoms with van der Waals surface area (Å²) >= 11 is 0. The molecule has 0 spiro atoms. The van der Waals surface area contributed by atoms with Gasteiger partial charge in [-0.2, -0.15) is 0 Å². The third-order valence-corrected chi connectivity index (χ3v) is 3.79. The van der Waals surface area contributed by atoms with Crippen LogP contribution in [0.5, 0.6) is 0 Å². The smallest absolute Gasteiger partial charge is 0.408 e. The first-order valence-electron chi connectivity index (χ1n) is 7.22. The van der Waals surface area contributed by atoms with Gasteiger partial charge in [0.1, 0.15) is 11.6 Å². The molecule has 2 N–H and O–H groups in total. The molecule has 1 atom stereocenters. The highest BCUT2D eigenvalue weighted by atomic mass is 16.6. The summed E-state index contributed by atoms with van der Waals surface area (Å²) in [6.45, 7) is 9.66. The normalized spacial score (nSPS) is 21.1. The van der Waals surface area contributed by atoms with Gasteiger partial charge in [-0.1, -0.05) is 13.8 Å². The zero-order chi connectivity index (χ0) is 15.6.